The number of primary amides is 1. The molecule has 0 aliphatic carbocycles. The first-order chi connectivity index (χ1) is 11.3. The van der Waals surface area contributed by atoms with Gasteiger partial charge < -0.3 is 11.1 Å². The minimum Gasteiger partial charge on any atom is -0.351 e. The summed E-state index contributed by atoms with van der Waals surface area (Å²) in [5.74, 6) is -0.276. The number of carbonyl (C=O) groups excluding carboxylic acids is 2. The highest BCUT2D eigenvalue weighted by molar-refractivity contribution is 7.90. The number of nitrogens with two attached hydrogens (primary N) is 1. The standard InChI is InChI=1S/C16H17N3O4S/c1-11-5-2-3-6-12(11)9-15(20)18-13-7-4-8-14(10-13)24(22,23)19-16(17)21/h2-8,10H,9H2,1H3,(H,18,20)(H3,17,19,21). The highest BCUT2D eigenvalue weighted by Crippen LogP contribution is 2.16. The fourth-order valence-corrected chi connectivity index (χ4v) is 3.04. The molecule has 0 aliphatic heterocycles. The molecule has 0 saturated carbocycles. The number of rotatable bonds is 5. The van der Waals surface area contributed by atoms with Gasteiger partial charge in [0.05, 0.1) is 11.3 Å². The Morgan fingerprint density at radius 1 is 1.08 bits per heavy atom. The average Bonchev–Trinajstić information content (AvgIpc) is 2.48. The van der Waals surface area contributed by atoms with Gasteiger partial charge in [-0.25, -0.2) is 17.9 Å². The molecule has 2 aromatic carbocycles. The first kappa shape index (κ1) is 17.5. The predicted octanol–water partition coefficient (Wildman–Crippen LogP) is 1.53. The summed E-state index contributed by atoms with van der Waals surface area (Å²) >= 11 is 0. The first-order valence-corrected chi connectivity index (χ1v) is 8.53. The normalized spacial score (nSPS) is 10.9. The molecule has 126 valence electrons. The van der Waals surface area contributed by atoms with Crippen molar-refractivity contribution in [2.24, 2.45) is 5.73 Å². The van der Waals surface area contributed by atoms with Gasteiger partial charge in [-0.1, -0.05) is 30.3 Å². The zero-order valence-corrected chi connectivity index (χ0v) is 13.8. The Balaban J connectivity index is 2.13. The zero-order chi connectivity index (χ0) is 17.7. The van der Waals surface area contributed by atoms with Gasteiger partial charge in [0, 0.05) is 5.69 Å². The third-order valence-corrected chi connectivity index (χ3v) is 4.62. The second kappa shape index (κ2) is 7.14. The van der Waals surface area contributed by atoms with Crippen LogP contribution < -0.4 is 15.8 Å². The maximum atomic E-state index is 12.1. The fourth-order valence-electron chi connectivity index (χ4n) is 2.12. The molecule has 0 bridgehead atoms. The molecule has 3 amide bonds. The maximum Gasteiger partial charge on any atom is 0.326 e. The van der Waals surface area contributed by atoms with Crippen molar-refractivity contribution in [2.75, 3.05) is 5.32 Å². The highest BCUT2D eigenvalue weighted by atomic mass is 32.2. The lowest BCUT2D eigenvalue weighted by Gasteiger charge is -2.09. The average molecular weight is 347 g/mol. The van der Waals surface area contributed by atoms with Crippen LogP contribution >= 0.6 is 0 Å². The van der Waals surface area contributed by atoms with Gasteiger partial charge in [-0.2, -0.15) is 0 Å². The van der Waals surface area contributed by atoms with Crippen LogP contribution in [0.2, 0.25) is 0 Å². The number of sulfonamides is 1. The number of hydrogen-bond acceptors (Lipinski definition) is 4. The number of aryl methyl sites for hydroxylation is 1. The van der Waals surface area contributed by atoms with Crippen molar-refractivity contribution in [2.45, 2.75) is 18.2 Å². The van der Waals surface area contributed by atoms with E-state index in [2.05, 4.69) is 5.32 Å². The summed E-state index contributed by atoms with van der Waals surface area (Å²) in [6.07, 6.45) is 0.170. The minimum absolute atomic E-state index is 0.170. The van der Waals surface area contributed by atoms with Crippen LogP contribution in [-0.2, 0) is 21.2 Å². The molecule has 2 aromatic rings. The van der Waals surface area contributed by atoms with Crippen molar-refractivity contribution < 1.29 is 18.0 Å². The van der Waals surface area contributed by atoms with E-state index < -0.39 is 16.1 Å². The largest absolute Gasteiger partial charge is 0.351 e. The quantitative estimate of drug-likeness (QED) is 0.760. The summed E-state index contributed by atoms with van der Waals surface area (Å²) in [6, 6.07) is 11.9. The predicted molar refractivity (Wildman–Crippen MR) is 89.9 cm³/mol. The molecular formula is C16H17N3O4S. The van der Waals surface area contributed by atoms with Crippen LogP contribution in [0.1, 0.15) is 11.1 Å². The van der Waals surface area contributed by atoms with Gasteiger partial charge in [-0.3, -0.25) is 4.79 Å². The zero-order valence-electron chi connectivity index (χ0n) is 12.9. The van der Waals surface area contributed by atoms with Crippen LogP contribution in [0.5, 0.6) is 0 Å². The maximum absolute atomic E-state index is 12.1. The van der Waals surface area contributed by atoms with E-state index in [9.17, 15) is 18.0 Å². The lowest BCUT2D eigenvalue weighted by atomic mass is 10.1. The molecule has 7 nitrogen and oxygen atoms in total. The molecule has 0 heterocycles. The van der Waals surface area contributed by atoms with Crippen LogP contribution in [0.3, 0.4) is 0 Å². The number of hydrogen-bond donors (Lipinski definition) is 3. The molecule has 2 rings (SSSR count). The van der Waals surface area contributed by atoms with E-state index >= 15 is 0 Å². The number of urea groups is 1. The van der Waals surface area contributed by atoms with Crippen molar-refractivity contribution in [1.82, 2.24) is 4.72 Å². The van der Waals surface area contributed by atoms with Crippen LogP contribution in [0, 0.1) is 6.92 Å². The highest BCUT2D eigenvalue weighted by Gasteiger charge is 2.16. The Labute approximate surface area is 139 Å². The van der Waals surface area contributed by atoms with E-state index in [0.717, 1.165) is 11.1 Å². The fraction of sp³-hybridized carbons (Fsp3) is 0.125. The molecule has 0 aliphatic rings. The third kappa shape index (κ3) is 4.56. The summed E-state index contributed by atoms with van der Waals surface area (Å²) in [5, 5.41) is 2.64. The number of amides is 3. The van der Waals surface area contributed by atoms with Gasteiger partial charge in [-0.15, -0.1) is 0 Å². The number of anilines is 1. The lowest BCUT2D eigenvalue weighted by Crippen LogP contribution is -2.34. The Kier molecular flexibility index (Phi) is 5.20. The number of carbonyl (C=O) groups is 2. The molecule has 0 fully saturated rings. The Hall–Kier alpha value is -2.87. The van der Waals surface area contributed by atoms with E-state index in [4.69, 9.17) is 5.73 Å². The summed E-state index contributed by atoms with van der Waals surface area (Å²) in [6.45, 7) is 1.91. The molecule has 0 unspecified atom stereocenters. The Bertz CT molecular complexity index is 878. The van der Waals surface area contributed by atoms with Gasteiger partial charge in [0.25, 0.3) is 10.0 Å². The second-order valence-electron chi connectivity index (χ2n) is 5.15. The molecule has 0 aromatic heterocycles. The van der Waals surface area contributed by atoms with Gasteiger partial charge in [0.1, 0.15) is 0 Å². The summed E-state index contributed by atoms with van der Waals surface area (Å²) in [4.78, 5) is 22.7. The van der Waals surface area contributed by atoms with Crippen molar-refractivity contribution in [3.05, 3.63) is 59.7 Å². The Morgan fingerprint density at radius 3 is 2.46 bits per heavy atom. The summed E-state index contributed by atoms with van der Waals surface area (Å²) in [7, 11) is -4.06. The second-order valence-corrected chi connectivity index (χ2v) is 6.83. The monoisotopic (exact) mass is 347 g/mol. The van der Waals surface area contributed by atoms with Crippen molar-refractivity contribution in [1.29, 1.82) is 0 Å². The van der Waals surface area contributed by atoms with Crippen molar-refractivity contribution in [3.8, 4) is 0 Å². The lowest BCUT2D eigenvalue weighted by molar-refractivity contribution is -0.115. The topological polar surface area (TPSA) is 118 Å². The molecular weight excluding hydrogens is 330 g/mol. The molecule has 0 radical (unpaired) electrons. The van der Waals surface area contributed by atoms with E-state index in [1.54, 1.807) is 10.8 Å². The summed E-state index contributed by atoms with van der Waals surface area (Å²) in [5.41, 5.74) is 7.02. The number of benzene rings is 2. The minimum atomic E-state index is -4.06. The van der Waals surface area contributed by atoms with Crippen LogP contribution in [0.15, 0.2) is 53.4 Å². The van der Waals surface area contributed by atoms with E-state index in [1.165, 1.54) is 18.2 Å². The van der Waals surface area contributed by atoms with Crippen molar-refractivity contribution in [3.63, 3.8) is 0 Å². The third-order valence-electron chi connectivity index (χ3n) is 3.28. The smallest absolute Gasteiger partial charge is 0.326 e. The van der Waals surface area contributed by atoms with Crippen molar-refractivity contribution >= 4 is 27.6 Å². The van der Waals surface area contributed by atoms with Crippen LogP contribution in [-0.4, -0.2) is 20.4 Å². The van der Waals surface area contributed by atoms with E-state index in [-0.39, 0.29) is 17.2 Å². The van der Waals surface area contributed by atoms with Gasteiger partial charge in [0.15, 0.2) is 0 Å². The van der Waals surface area contributed by atoms with E-state index in [0.29, 0.717) is 5.69 Å². The van der Waals surface area contributed by atoms with Gasteiger partial charge >= 0.3 is 6.03 Å². The molecule has 8 heteroatoms. The van der Waals surface area contributed by atoms with E-state index in [1.807, 2.05) is 31.2 Å². The molecule has 4 N–H and O–H groups in total. The SMILES string of the molecule is Cc1ccccc1CC(=O)Nc1cccc(S(=O)(=O)NC(N)=O)c1. The molecule has 0 atom stereocenters. The molecule has 0 saturated heterocycles. The van der Waals surface area contributed by atoms with Gasteiger partial charge in [-0.05, 0) is 36.2 Å². The summed E-state index contributed by atoms with van der Waals surface area (Å²) < 4.78 is 25.4. The van der Waals surface area contributed by atoms with Crippen LogP contribution in [0.25, 0.3) is 0 Å². The molecule has 0 spiro atoms. The van der Waals surface area contributed by atoms with Gasteiger partial charge in [0.2, 0.25) is 5.91 Å². The molecule has 24 heavy (non-hydrogen) atoms. The number of nitrogens with one attached hydrogen (secondary N) is 2. The first-order valence-electron chi connectivity index (χ1n) is 7.04. The van der Waals surface area contributed by atoms with Crippen LogP contribution in [0.4, 0.5) is 10.5 Å². The Morgan fingerprint density at radius 2 is 1.79 bits per heavy atom.